The van der Waals surface area contributed by atoms with Gasteiger partial charge >= 0.3 is 0 Å². The first-order valence-electron chi connectivity index (χ1n) is 11.6. The van der Waals surface area contributed by atoms with Crippen LogP contribution in [0.4, 0.5) is 0 Å². The summed E-state index contributed by atoms with van der Waals surface area (Å²) in [5, 5.41) is 11.1. The van der Waals surface area contributed by atoms with Gasteiger partial charge in [0.1, 0.15) is 0 Å². The molecule has 170 valence electrons. The Hall–Kier alpha value is -3.06. The van der Waals surface area contributed by atoms with Crippen molar-refractivity contribution < 1.29 is 4.79 Å². The highest BCUT2D eigenvalue weighted by atomic mass is 32.2. The van der Waals surface area contributed by atoms with Gasteiger partial charge in [-0.1, -0.05) is 42.1 Å². The molecule has 1 saturated heterocycles. The summed E-state index contributed by atoms with van der Waals surface area (Å²) in [6.07, 6.45) is 3.09. The Bertz CT molecular complexity index is 1270. The van der Waals surface area contributed by atoms with Gasteiger partial charge in [0, 0.05) is 41.8 Å². The van der Waals surface area contributed by atoms with Crippen molar-refractivity contribution in [3.05, 3.63) is 65.4 Å². The predicted octanol–water partition coefficient (Wildman–Crippen LogP) is 5.00. The third-order valence-electron chi connectivity index (χ3n) is 6.53. The lowest BCUT2D eigenvalue weighted by Gasteiger charge is -2.15. The molecule has 1 aliphatic heterocycles. The average Bonchev–Trinajstić information content (AvgIpc) is 3.57. The molecule has 0 spiro atoms. The van der Waals surface area contributed by atoms with Crippen LogP contribution in [0.2, 0.25) is 0 Å². The molecule has 33 heavy (non-hydrogen) atoms. The molecule has 1 amide bonds. The zero-order chi connectivity index (χ0) is 22.8. The van der Waals surface area contributed by atoms with Crippen molar-refractivity contribution in [1.82, 2.24) is 24.6 Å². The molecular weight excluding hydrogens is 430 g/mol. The zero-order valence-corrected chi connectivity index (χ0v) is 20.0. The molecule has 0 aliphatic carbocycles. The van der Waals surface area contributed by atoms with E-state index < -0.39 is 0 Å². The number of thioether (sulfide) groups is 1. The van der Waals surface area contributed by atoms with Crippen LogP contribution in [0, 0.1) is 13.8 Å². The SMILES string of the molecule is Cc1[nH]c2ccc(-c3nnc(SCC(=O)N4CCCC4)n3CCc3ccccc3)cc2c1C. The summed E-state index contributed by atoms with van der Waals surface area (Å²) >= 11 is 1.50. The van der Waals surface area contributed by atoms with E-state index in [2.05, 4.69) is 76.1 Å². The Morgan fingerprint density at radius 2 is 1.85 bits per heavy atom. The fourth-order valence-corrected chi connectivity index (χ4v) is 5.35. The van der Waals surface area contributed by atoms with Gasteiger partial charge < -0.3 is 14.5 Å². The molecule has 2 aromatic carbocycles. The minimum atomic E-state index is 0.191. The standard InChI is InChI=1S/C26H29N5OS/c1-18-19(2)27-23-11-10-21(16-22(18)23)25-28-29-26(33-17-24(32)30-13-6-7-14-30)31(25)15-12-20-8-4-3-5-9-20/h3-5,8-11,16,27H,6-7,12-15,17H2,1-2H3. The van der Waals surface area contributed by atoms with Crippen LogP contribution in [0.25, 0.3) is 22.3 Å². The normalized spacial score (nSPS) is 13.8. The highest BCUT2D eigenvalue weighted by molar-refractivity contribution is 7.99. The number of rotatable bonds is 7. The number of H-pyrrole nitrogens is 1. The van der Waals surface area contributed by atoms with Crippen LogP contribution in [0.1, 0.15) is 29.7 Å². The summed E-state index contributed by atoms with van der Waals surface area (Å²) in [5.41, 5.74) is 5.89. The summed E-state index contributed by atoms with van der Waals surface area (Å²) in [5.74, 6) is 1.44. The van der Waals surface area contributed by atoms with E-state index in [4.69, 9.17) is 0 Å². The summed E-state index contributed by atoms with van der Waals surface area (Å²) in [4.78, 5) is 18.0. The maximum absolute atomic E-state index is 12.6. The Morgan fingerprint density at radius 1 is 1.06 bits per heavy atom. The van der Waals surface area contributed by atoms with Crippen LogP contribution in [-0.2, 0) is 17.8 Å². The smallest absolute Gasteiger partial charge is 0.233 e. The van der Waals surface area contributed by atoms with E-state index in [0.717, 1.165) is 61.0 Å². The maximum Gasteiger partial charge on any atom is 0.233 e. The van der Waals surface area contributed by atoms with Gasteiger partial charge in [-0.2, -0.15) is 0 Å². The zero-order valence-electron chi connectivity index (χ0n) is 19.2. The number of carbonyl (C=O) groups is 1. The lowest BCUT2D eigenvalue weighted by Crippen LogP contribution is -2.29. The topological polar surface area (TPSA) is 66.8 Å². The first-order chi connectivity index (χ1) is 16.1. The lowest BCUT2D eigenvalue weighted by atomic mass is 10.1. The average molecular weight is 460 g/mol. The van der Waals surface area contributed by atoms with E-state index in [1.807, 2.05) is 11.0 Å². The van der Waals surface area contributed by atoms with E-state index >= 15 is 0 Å². The monoisotopic (exact) mass is 459 g/mol. The number of fused-ring (bicyclic) bond motifs is 1. The highest BCUT2D eigenvalue weighted by Gasteiger charge is 2.21. The van der Waals surface area contributed by atoms with Gasteiger partial charge in [-0.25, -0.2) is 0 Å². The van der Waals surface area contributed by atoms with Crippen molar-refractivity contribution in [3.8, 4) is 11.4 Å². The van der Waals surface area contributed by atoms with Crippen LogP contribution in [0.5, 0.6) is 0 Å². The highest BCUT2D eigenvalue weighted by Crippen LogP contribution is 2.29. The van der Waals surface area contributed by atoms with Crippen LogP contribution >= 0.6 is 11.8 Å². The minimum absolute atomic E-state index is 0.191. The quantitative estimate of drug-likeness (QED) is 0.395. The molecule has 4 aromatic rings. The van der Waals surface area contributed by atoms with Gasteiger partial charge in [-0.3, -0.25) is 4.79 Å². The number of aryl methyl sites for hydroxylation is 3. The molecule has 5 rings (SSSR count). The van der Waals surface area contributed by atoms with Gasteiger partial charge in [-0.15, -0.1) is 10.2 Å². The molecule has 1 aliphatic rings. The predicted molar refractivity (Wildman–Crippen MR) is 133 cm³/mol. The van der Waals surface area contributed by atoms with Crippen molar-refractivity contribution in [2.45, 2.75) is 44.8 Å². The largest absolute Gasteiger partial charge is 0.358 e. The van der Waals surface area contributed by atoms with Crippen LogP contribution in [0.3, 0.4) is 0 Å². The second-order valence-electron chi connectivity index (χ2n) is 8.71. The van der Waals surface area contributed by atoms with E-state index in [0.29, 0.717) is 5.75 Å². The summed E-state index contributed by atoms with van der Waals surface area (Å²) < 4.78 is 2.17. The van der Waals surface area contributed by atoms with Gasteiger partial charge in [-0.05, 0) is 62.4 Å². The van der Waals surface area contributed by atoms with Crippen molar-refractivity contribution >= 4 is 28.6 Å². The molecule has 1 N–H and O–H groups in total. The molecule has 0 atom stereocenters. The van der Waals surface area contributed by atoms with Crippen molar-refractivity contribution in [2.24, 2.45) is 0 Å². The molecule has 7 heteroatoms. The van der Waals surface area contributed by atoms with Gasteiger partial charge in [0.15, 0.2) is 11.0 Å². The molecule has 0 radical (unpaired) electrons. The number of carbonyl (C=O) groups excluding carboxylic acids is 1. The third kappa shape index (κ3) is 4.55. The third-order valence-corrected chi connectivity index (χ3v) is 7.49. The van der Waals surface area contributed by atoms with E-state index in [1.54, 1.807) is 0 Å². The van der Waals surface area contributed by atoms with Gasteiger partial charge in [0.05, 0.1) is 5.75 Å². The Morgan fingerprint density at radius 3 is 2.64 bits per heavy atom. The van der Waals surface area contributed by atoms with Crippen LogP contribution in [-0.4, -0.2) is 49.4 Å². The number of nitrogens with one attached hydrogen (secondary N) is 1. The summed E-state index contributed by atoms with van der Waals surface area (Å²) in [7, 11) is 0. The Balaban J connectivity index is 1.44. The molecule has 2 aromatic heterocycles. The molecule has 0 saturated carbocycles. The number of hydrogen-bond acceptors (Lipinski definition) is 4. The van der Waals surface area contributed by atoms with Crippen LogP contribution in [0.15, 0.2) is 53.7 Å². The van der Waals surface area contributed by atoms with Crippen molar-refractivity contribution in [1.29, 1.82) is 0 Å². The number of nitrogens with zero attached hydrogens (tertiary/aromatic N) is 4. The maximum atomic E-state index is 12.6. The second-order valence-corrected chi connectivity index (χ2v) is 9.65. The van der Waals surface area contributed by atoms with E-state index in [9.17, 15) is 4.79 Å². The van der Waals surface area contributed by atoms with Crippen LogP contribution < -0.4 is 0 Å². The fraction of sp³-hybridized carbons (Fsp3) is 0.346. The molecule has 1 fully saturated rings. The molecular formula is C26H29N5OS. The molecule has 3 heterocycles. The van der Waals surface area contributed by atoms with Gasteiger partial charge in [0.25, 0.3) is 0 Å². The molecule has 6 nitrogen and oxygen atoms in total. The first-order valence-corrected chi connectivity index (χ1v) is 12.6. The summed E-state index contributed by atoms with van der Waals surface area (Å²) in [6.45, 7) is 6.75. The first kappa shape index (κ1) is 21.8. The summed E-state index contributed by atoms with van der Waals surface area (Å²) in [6, 6.07) is 16.9. The second kappa shape index (κ2) is 9.43. The van der Waals surface area contributed by atoms with Crippen molar-refractivity contribution in [2.75, 3.05) is 18.8 Å². The van der Waals surface area contributed by atoms with Crippen molar-refractivity contribution in [3.63, 3.8) is 0 Å². The number of hydrogen-bond donors (Lipinski definition) is 1. The minimum Gasteiger partial charge on any atom is -0.358 e. The van der Waals surface area contributed by atoms with E-state index in [1.165, 1.54) is 34.0 Å². The Kier molecular flexibility index (Phi) is 6.22. The number of benzene rings is 2. The number of amides is 1. The van der Waals surface area contributed by atoms with Gasteiger partial charge in [0.2, 0.25) is 5.91 Å². The number of likely N-dealkylation sites (tertiary alicyclic amines) is 1. The Labute approximate surface area is 198 Å². The number of aromatic nitrogens is 4. The fourth-order valence-electron chi connectivity index (χ4n) is 4.48. The number of aromatic amines is 1. The molecule has 0 bridgehead atoms. The molecule has 0 unspecified atom stereocenters. The van der Waals surface area contributed by atoms with E-state index in [-0.39, 0.29) is 5.91 Å². The lowest BCUT2D eigenvalue weighted by molar-refractivity contribution is -0.127.